The summed E-state index contributed by atoms with van der Waals surface area (Å²) in [6.45, 7) is 4.12. The van der Waals surface area contributed by atoms with Crippen LogP contribution >= 0.6 is 0 Å². The number of esters is 1. The van der Waals surface area contributed by atoms with Crippen molar-refractivity contribution < 1.29 is 18.7 Å². The molecule has 1 N–H and O–H groups in total. The molecule has 8 atom stereocenters. The molecule has 1 spiro atoms. The van der Waals surface area contributed by atoms with Gasteiger partial charge in [-0.25, -0.2) is 0 Å². The van der Waals surface area contributed by atoms with Gasteiger partial charge in [0.2, 0.25) is 0 Å². The quantitative estimate of drug-likeness (QED) is 0.554. The van der Waals surface area contributed by atoms with Crippen LogP contribution in [0.25, 0.3) is 0 Å². The average Bonchev–Trinajstić information content (AvgIpc) is 3.19. The van der Waals surface area contributed by atoms with Crippen molar-refractivity contribution in [2.75, 3.05) is 13.2 Å². The zero-order valence-electron chi connectivity index (χ0n) is 18.8. The van der Waals surface area contributed by atoms with E-state index in [1.165, 1.54) is 44.9 Å². The third kappa shape index (κ3) is 3.56. The number of carbonyl (C=O) groups is 1. The maximum atomic E-state index is 12.9. The molecule has 2 aliphatic heterocycles. The standard InChI is InChI=1S/C26H37NO4/c1-25-9-5-10-26(16-30-26)23(25)13-19-20(24(28)31-22(19)14-25)15-27-21-8-3-2-6-17(21)12-18-7-4-11-29-18/h4,7,11,17,19-23,27H,2-3,5-6,8-10,12-16H2,1H3/t17-,19+,20+,21+,22-,23-,25-,26+/m1/s1. The molecular weight excluding hydrogens is 390 g/mol. The summed E-state index contributed by atoms with van der Waals surface area (Å²) in [5.74, 6) is 2.65. The summed E-state index contributed by atoms with van der Waals surface area (Å²) in [7, 11) is 0. The Morgan fingerprint density at radius 2 is 2.06 bits per heavy atom. The number of nitrogens with one attached hydrogen (secondary N) is 1. The first kappa shape index (κ1) is 20.3. The van der Waals surface area contributed by atoms with Crippen LogP contribution < -0.4 is 5.32 Å². The number of hydrogen-bond donors (Lipinski definition) is 1. The summed E-state index contributed by atoms with van der Waals surface area (Å²) in [6.07, 6.45) is 13.7. The molecule has 5 nitrogen and oxygen atoms in total. The van der Waals surface area contributed by atoms with Crippen molar-refractivity contribution in [3.8, 4) is 0 Å². The first-order valence-corrected chi connectivity index (χ1v) is 12.7. The molecule has 5 heteroatoms. The Labute approximate surface area is 185 Å². The van der Waals surface area contributed by atoms with Gasteiger partial charge < -0.3 is 19.2 Å². The van der Waals surface area contributed by atoms with Crippen molar-refractivity contribution in [2.24, 2.45) is 29.1 Å². The molecule has 0 amide bonds. The van der Waals surface area contributed by atoms with Crippen molar-refractivity contribution in [3.63, 3.8) is 0 Å². The SMILES string of the molecule is C[C@]12CCC[C@]3(CO3)[C@@H]1C[C@H]1[C@H](CN[C@H]3CCCC[C@@H]3Cc3ccco3)C(=O)O[C@@H]1C2. The van der Waals surface area contributed by atoms with Gasteiger partial charge in [0.15, 0.2) is 0 Å². The van der Waals surface area contributed by atoms with E-state index < -0.39 is 0 Å². The Balaban J connectivity index is 1.13. The number of ether oxygens (including phenoxy) is 2. The second-order valence-electron chi connectivity index (χ2n) is 11.4. The molecule has 1 aromatic heterocycles. The smallest absolute Gasteiger partial charge is 0.310 e. The van der Waals surface area contributed by atoms with Crippen molar-refractivity contribution in [1.29, 1.82) is 0 Å². The van der Waals surface area contributed by atoms with Crippen molar-refractivity contribution in [2.45, 2.75) is 88.9 Å². The molecule has 2 saturated heterocycles. The van der Waals surface area contributed by atoms with E-state index in [1.54, 1.807) is 6.26 Å². The maximum absolute atomic E-state index is 12.9. The largest absolute Gasteiger partial charge is 0.469 e. The molecule has 5 fully saturated rings. The summed E-state index contributed by atoms with van der Waals surface area (Å²) >= 11 is 0. The van der Waals surface area contributed by atoms with Crippen LogP contribution in [0.4, 0.5) is 0 Å². The fourth-order valence-electron chi connectivity index (χ4n) is 7.88. The minimum Gasteiger partial charge on any atom is -0.469 e. The molecule has 170 valence electrons. The van der Waals surface area contributed by atoms with Crippen molar-refractivity contribution in [1.82, 2.24) is 5.32 Å². The summed E-state index contributed by atoms with van der Waals surface area (Å²) in [6, 6.07) is 4.53. The molecule has 31 heavy (non-hydrogen) atoms. The maximum Gasteiger partial charge on any atom is 0.310 e. The number of hydrogen-bond acceptors (Lipinski definition) is 5. The van der Waals surface area contributed by atoms with Crippen LogP contribution in [-0.4, -0.2) is 36.9 Å². The summed E-state index contributed by atoms with van der Waals surface area (Å²) < 4.78 is 17.7. The van der Waals surface area contributed by atoms with Gasteiger partial charge in [0, 0.05) is 24.9 Å². The van der Waals surface area contributed by atoms with E-state index in [1.807, 2.05) is 6.07 Å². The molecular formula is C26H37NO4. The zero-order valence-corrected chi connectivity index (χ0v) is 18.8. The van der Waals surface area contributed by atoms with E-state index in [0.717, 1.165) is 38.2 Å². The Kier molecular flexibility index (Phi) is 4.99. The lowest BCUT2D eigenvalue weighted by atomic mass is 9.53. The van der Waals surface area contributed by atoms with Gasteiger partial charge in [0.1, 0.15) is 11.9 Å². The normalized spacial score (nSPS) is 46.4. The summed E-state index contributed by atoms with van der Waals surface area (Å²) in [4.78, 5) is 12.9. The van der Waals surface area contributed by atoms with E-state index in [9.17, 15) is 4.79 Å². The Morgan fingerprint density at radius 1 is 1.19 bits per heavy atom. The van der Waals surface area contributed by atoms with Gasteiger partial charge in [-0.1, -0.05) is 19.8 Å². The first-order chi connectivity index (χ1) is 15.1. The molecule has 0 bridgehead atoms. The predicted octanol–water partition coefficient (Wildman–Crippen LogP) is 4.50. The number of epoxide rings is 1. The lowest BCUT2D eigenvalue weighted by Gasteiger charge is -2.51. The molecule has 1 aromatic rings. The van der Waals surface area contributed by atoms with Crippen LogP contribution in [0.1, 0.15) is 70.5 Å². The van der Waals surface area contributed by atoms with Gasteiger partial charge in [-0.15, -0.1) is 0 Å². The highest BCUT2D eigenvalue weighted by atomic mass is 16.6. The molecule has 3 aliphatic carbocycles. The highest BCUT2D eigenvalue weighted by molar-refractivity contribution is 5.75. The molecule has 0 aromatic carbocycles. The number of furan rings is 1. The number of fused-ring (bicyclic) bond motifs is 3. The van der Waals surface area contributed by atoms with Crippen LogP contribution in [0.15, 0.2) is 22.8 Å². The molecule has 0 radical (unpaired) electrons. The highest BCUT2D eigenvalue weighted by Crippen LogP contribution is 2.62. The van der Waals surface area contributed by atoms with Crippen LogP contribution in [0.3, 0.4) is 0 Å². The average molecular weight is 428 g/mol. The van der Waals surface area contributed by atoms with Crippen LogP contribution in [0, 0.1) is 29.1 Å². The van der Waals surface area contributed by atoms with E-state index in [0.29, 0.717) is 23.8 Å². The van der Waals surface area contributed by atoms with Crippen molar-refractivity contribution >= 4 is 5.97 Å². The van der Waals surface area contributed by atoms with Crippen LogP contribution in [0.2, 0.25) is 0 Å². The minimum atomic E-state index is -0.00142. The van der Waals surface area contributed by atoms with E-state index in [2.05, 4.69) is 18.3 Å². The minimum absolute atomic E-state index is 0.00142. The van der Waals surface area contributed by atoms with Gasteiger partial charge in [-0.2, -0.15) is 0 Å². The van der Waals surface area contributed by atoms with Gasteiger partial charge in [0.25, 0.3) is 0 Å². The Bertz CT molecular complexity index is 802. The first-order valence-electron chi connectivity index (χ1n) is 12.7. The number of carbonyl (C=O) groups excluding carboxylic acids is 1. The zero-order chi connectivity index (χ0) is 21.1. The molecule has 0 unspecified atom stereocenters. The van der Waals surface area contributed by atoms with Gasteiger partial charge >= 0.3 is 5.97 Å². The van der Waals surface area contributed by atoms with E-state index >= 15 is 0 Å². The predicted molar refractivity (Wildman–Crippen MR) is 116 cm³/mol. The summed E-state index contributed by atoms with van der Waals surface area (Å²) in [5.41, 5.74) is 0.398. The monoisotopic (exact) mass is 427 g/mol. The second-order valence-corrected chi connectivity index (χ2v) is 11.4. The fraction of sp³-hybridized carbons (Fsp3) is 0.808. The molecule has 5 aliphatic rings. The topological polar surface area (TPSA) is 64.0 Å². The third-order valence-electron chi connectivity index (χ3n) is 9.63. The molecule has 3 heterocycles. The van der Waals surface area contributed by atoms with Crippen molar-refractivity contribution in [3.05, 3.63) is 24.2 Å². The third-order valence-corrected chi connectivity index (χ3v) is 9.63. The fourth-order valence-corrected chi connectivity index (χ4v) is 7.88. The Hall–Kier alpha value is -1.33. The van der Waals surface area contributed by atoms with E-state index in [4.69, 9.17) is 13.9 Å². The molecule has 6 rings (SSSR count). The second kappa shape index (κ2) is 7.62. The van der Waals surface area contributed by atoms with Gasteiger partial charge in [0.05, 0.1) is 24.4 Å². The lowest BCUT2D eigenvalue weighted by molar-refractivity contribution is -0.147. The van der Waals surface area contributed by atoms with Crippen LogP contribution in [0.5, 0.6) is 0 Å². The van der Waals surface area contributed by atoms with Gasteiger partial charge in [-0.05, 0) is 74.3 Å². The Morgan fingerprint density at radius 3 is 2.87 bits per heavy atom. The summed E-state index contributed by atoms with van der Waals surface area (Å²) in [5, 5.41) is 3.83. The van der Waals surface area contributed by atoms with Gasteiger partial charge in [-0.3, -0.25) is 4.79 Å². The molecule has 3 saturated carbocycles. The van der Waals surface area contributed by atoms with E-state index in [-0.39, 0.29) is 29.0 Å². The lowest BCUT2D eigenvalue weighted by Crippen LogP contribution is -2.51. The highest BCUT2D eigenvalue weighted by Gasteiger charge is 2.65. The number of rotatable bonds is 5. The van der Waals surface area contributed by atoms with Crippen LogP contribution in [-0.2, 0) is 20.7 Å².